The van der Waals surface area contributed by atoms with Crippen LogP contribution in [0.2, 0.25) is 0 Å². The van der Waals surface area contributed by atoms with Gasteiger partial charge in [-0.3, -0.25) is 0 Å². The van der Waals surface area contributed by atoms with Gasteiger partial charge in [0.2, 0.25) is 0 Å². The van der Waals surface area contributed by atoms with Gasteiger partial charge in [-0.15, -0.1) is 11.3 Å². The highest BCUT2D eigenvalue weighted by molar-refractivity contribution is 7.12. The van der Waals surface area contributed by atoms with Crippen molar-refractivity contribution in [2.24, 2.45) is 0 Å². The number of rotatable bonds is 6. The molecule has 1 heterocycles. The third kappa shape index (κ3) is 3.14. The average Bonchev–Trinajstić information content (AvgIpc) is 2.90. The van der Waals surface area contributed by atoms with Gasteiger partial charge in [0.25, 0.3) is 0 Å². The van der Waals surface area contributed by atoms with E-state index in [9.17, 15) is 0 Å². The Hall–Kier alpha value is -1.52. The maximum absolute atomic E-state index is 5.53. The first kappa shape index (κ1) is 14.9. The molecule has 0 amide bonds. The Kier molecular flexibility index (Phi) is 5.04. The highest BCUT2D eigenvalue weighted by atomic mass is 32.1. The highest BCUT2D eigenvalue weighted by Crippen LogP contribution is 2.35. The molecule has 0 spiro atoms. The molecule has 2 aromatic rings. The molecule has 0 radical (unpaired) electrons. The zero-order valence-electron chi connectivity index (χ0n) is 12.4. The molecule has 108 valence electrons. The van der Waals surface area contributed by atoms with Crippen molar-refractivity contribution in [3.05, 3.63) is 45.6 Å². The second-order valence-corrected chi connectivity index (χ2v) is 5.87. The maximum Gasteiger partial charge on any atom is 0.127 e. The normalized spacial score (nSPS) is 12.2. The summed E-state index contributed by atoms with van der Waals surface area (Å²) in [5.41, 5.74) is 1.14. The quantitative estimate of drug-likeness (QED) is 0.878. The topological polar surface area (TPSA) is 30.5 Å². The molecule has 4 heteroatoms. The van der Waals surface area contributed by atoms with Gasteiger partial charge in [-0.1, -0.05) is 6.92 Å². The Morgan fingerprint density at radius 3 is 2.50 bits per heavy atom. The van der Waals surface area contributed by atoms with E-state index in [0.29, 0.717) is 0 Å². The minimum absolute atomic E-state index is 0.152. The van der Waals surface area contributed by atoms with Crippen molar-refractivity contribution in [3.63, 3.8) is 0 Å². The summed E-state index contributed by atoms with van der Waals surface area (Å²) < 4.78 is 10.8. The first-order valence-corrected chi connectivity index (χ1v) is 7.52. The molecule has 0 aliphatic rings. The Morgan fingerprint density at radius 2 is 1.95 bits per heavy atom. The van der Waals surface area contributed by atoms with E-state index in [4.69, 9.17) is 9.47 Å². The molecule has 0 aliphatic carbocycles. The lowest BCUT2D eigenvalue weighted by Gasteiger charge is -2.20. The summed E-state index contributed by atoms with van der Waals surface area (Å²) in [6, 6.07) is 10.5. The minimum atomic E-state index is 0.152. The molecule has 1 unspecified atom stereocenters. The number of benzene rings is 1. The number of nitrogens with one attached hydrogen (secondary N) is 1. The van der Waals surface area contributed by atoms with Gasteiger partial charge in [-0.25, -0.2) is 0 Å². The van der Waals surface area contributed by atoms with Gasteiger partial charge in [-0.2, -0.15) is 0 Å². The molecule has 20 heavy (non-hydrogen) atoms. The van der Waals surface area contributed by atoms with Gasteiger partial charge in [0.1, 0.15) is 11.5 Å². The molecule has 1 aromatic heterocycles. The van der Waals surface area contributed by atoms with E-state index in [1.807, 2.05) is 23.5 Å². The number of hydrogen-bond donors (Lipinski definition) is 1. The number of thiophene rings is 1. The lowest BCUT2D eigenvalue weighted by molar-refractivity contribution is 0.388. The molecule has 0 bridgehead atoms. The average molecular weight is 291 g/mol. The fourth-order valence-electron chi connectivity index (χ4n) is 2.23. The maximum atomic E-state index is 5.53. The first-order chi connectivity index (χ1) is 9.69. The van der Waals surface area contributed by atoms with Crippen molar-refractivity contribution in [1.29, 1.82) is 0 Å². The van der Waals surface area contributed by atoms with E-state index in [-0.39, 0.29) is 6.04 Å². The summed E-state index contributed by atoms with van der Waals surface area (Å²) in [6.45, 7) is 5.14. The van der Waals surface area contributed by atoms with Gasteiger partial charge in [0.15, 0.2) is 0 Å². The van der Waals surface area contributed by atoms with Gasteiger partial charge in [0, 0.05) is 21.4 Å². The molecular formula is C16H21NO2S. The standard InChI is InChI=1S/C16H21NO2S/c1-5-17-16(15-9-6-11(2)20-15)13-8-7-12(18-3)10-14(13)19-4/h6-10,16-17H,5H2,1-4H3. The summed E-state index contributed by atoms with van der Waals surface area (Å²) in [7, 11) is 3.36. The van der Waals surface area contributed by atoms with E-state index < -0.39 is 0 Å². The number of hydrogen-bond acceptors (Lipinski definition) is 4. The summed E-state index contributed by atoms with van der Waals surface area (Å²) in [5.74, 6) is 1.66. The van der Waals surface area contributed by atoms with Crippen LogP contribution in [0.25, 0.3) is 0 Å². The van der Waals surface area contributed by atoms with Crippen molar-refractivity contribution >= 4 is 11.3 Å². The fourth-order valence-corrected chi connectivity index (χ4v) is 3.21. The van der Waals surface area contributed by atoms with E-state index in [2.05, 4.69) is 37.4 Å². The van der Waals surface area contributed by atoms with Crippen molar-refractivity contribution in [2.45, 2.75) is 19.9 Å². The van der Waals surface area contributed by atoms with Crippen LogP contribution in [0.15, 0.2) is 30.3 Å². The third-order valence-electron chi connectivity index (χ3n) is 3.21. The third-order valence-corrected chi connectivity index (χ3v) is 4.27. The number of methoxy groups -OCH3 is 2. The van der Waals surface area contributed by atoms with E-state index in [1.54, 1.807) is 14.2 Å². The summed E-state index contributed by atoms with van der Waals surface area (Å²) >= 11 is 1.81. The smallest absolute Gasteiger partial charge is 0.127 e. The second-order valence-electron chi connectivity index (χ2n) is 4.55. The van der Waals surface area contributed by atoms with Crippen molar-refractivity contribution in [2.75, 3.05) is 20.8 Å². The Bertz CT molecular complexity index is 565. The second kappa shape index (κ2) is 6.77. The molecule has 0 fully saturated rings. The van der Waals surface area contributed by atoms with Gasteiger partial charge in [-0.05, 0) is 37.7 Å². The van der Waals surface area contributed by atoms with Crippen LogP contribution in [0, 0.1) is 6.92 Å². The predicted octanol–water partition coefficient (Wildman–Crippen LogP) is 3.77. The number of ether oxygens (including phenoxy) is 2. The fraction of sp³-hybridized carbons (Fsp3) is 0.375. The molecule has 0 saturated carbocycles. The zero-order chi connectivity index (χ0) is 14.5. The Balaban J connectivity index is 2.43. The van der Waals surface area contributed by atoms with Crippen LogP contribution >= 0.6 is 11.3 Å². The van der Waals surface area contributed by atoms with Crippen LogP contribution in [0.3, 0.4) is 0 Å². The van der Waals surface area contributed by atoms with Crippen molar-refractivity contribution in [3.8, 4) is 11.5 Å². The van der Waals surface area contributed by atoms with Crippen LogP contribution in [-0.4, -0.2) is 20.8 Å². The molecule has 0 aliphatic heterocycles. The Morgan fingerprint density at radius 1 is 1.15 bits per heavy atom. The molecule has 1 aromatic carbocycles. The van der Waals surface area contributed by atoms with Crippen LogP contribution in [-0.2, 0) is 0 Å². The molecule has 3 nitrogen and oxygen atoms in total. The molecular weight excluding hydrogens is 270 g/mol. The monoisotopic (exact) mass is 291 g/mol. The van der Waals surface area contributed by atoms with Gasteiger partial charge >= 0.3 is 0 Å². The van der Waals surface area contributed by atoms with E-state index in [0.717, 1.165) is 23.6 Å². The summed E-state index contributed by atoms with van der Waals surface area (Å²) in [6.07, 6.45) is 0. The molecule has 1 atom stereocenters. The number of aryl methyl sites for hydroxylation is 1. The van der Waals surface area contributed by atoms with Crippen molar-refractivity contribution in [1.82, 2.24) is 5.32 Å². The minimum Gasteiger partial charge on any atom is -0.497 e. The highest BCUT2D eigenvalue weighted by Gasteiger charge is 2.19. The predicted molar refractivity (Wildman–Crippen MR) is 84.1 cm³/mol. The summed E-state index contributed by atoms with van der Waals surface area (Å²) in [5, 5.41) is 3.53. The molecule has 0 saturated heterocycles. The SMILES string of the molecule is CCNC(c1ccc(C)s1)c1ccc(OC)cc1OC. The van der Waals surface area contributed by atoms with Crippen molar-refractivity contribution < 1.29 is 9.47 Å². The molecule has 2 rings (SSSR count). The van der Waals surface area contributed by atoms with Crippen LogP contribution in [0.5, 0.6) is 11.5 Å². The van der Waals surface area contributed by atoms with Crippen LogP contribution < -0.4 is 14.8 Å². The zero-order valence-corrected chi connectivity index (χ0v) is 13.2. The first-order valence-electron chi connectivity index (χ1n) is 6.71. The van der Waals surface area contributed by atoms with Crippen LogP contribution in [0.1, 0.15) is 28.3 Å². The van der Waals surface area contributed by atoms with Crippen LogP contribution in [0.4, 0.5) is 0 Å². The lowest BCUT2D eigenvalue weighted by Crippen LogP contribution is -2.21. The molecule has 1 N–H and O–H groups in total. The van der Waals surface area contributed by atoms with Gasteiger partial charge in [0.05, 0.1) is 20.3 Å². The largest absolute Gasteiger partial charge is 0.497 e. The van der Waals surface area contributed by atoms with E-state index in [1.165, 1.54) is 9.75 Å². The Labute approximate surface area is 124 Å². The van der Waals surface area contributed by atoms with E-state index >= 15 is 0 Å². The lowest BCUT2D eigenvalue weighted by atomic mass is 10.0. The van der Waals surface area contributed by atoms with Gasteiger partial charge < -0.3 is 14.8 Å². The summed E-state index contributed by atoms with van der Waals surface area (Å²) in [4.78, 5) is 2.61.